The summed E-state index contributed by atoms with van der Waals surface area (Å²) in [7, 11) is 0. The van der Waals surface area contributed by atoms with Crippen LogP contribution in [0.2, 0.25) is 0 Å². The first-order chi connectivity index (χ1) is 10.3. The van der Waals surface area contributed by atoms with Crippen molar-refractivity contribution in [2.24, 2.45) is 0 Å². The molecule has 0 bridgehead atoms. The van der Waals surface area contributed by atoms with Gasteiger partial charge in [0.25, 0.3) is 0 Å². The first kappa shape index (κ1) is 14.6. The van der Waals surface area contributed by atoms with Gasteiger partial charge in [-0.25, -0.2) is 0 Å². The van der Waals surface area contributed by atoms with Gasteiger partial charge in [-0.05, 0) is 33.6 Å². The molecule has 0 saturated carbocycles. The average molecular weight is 348 g/mol. The summed E-state index contributed by atoms with van der Waals surface area (Å²) in [6.07, 6.45) is -0.119. The van der Waals surface area contributed by atoms with Gasteiger partial charge in [0, 0.05) is 13.1 Å². The maximum absolute atomic E-state index is 6.26. The molecule has 110 valence electrons. The van der Waals surface area contributed by atoms with Crippen LogP contribution in [0.5, 0.6) is 5.75 Å². The summed E-state index contributed by atoms with van der Waals surface area (Å²) in [5.41, 5.74) is 1.13. The molecule has 3 nitrogen and oxygen atoms in total. The summed E-state index contributed by atoms with van der Waals surface area (Å²) in [5, 5.41) is 3.37. The number of benzene rings is 2. The largest absolute Gasteiger partial charge is 0.482 e. The molecule has 2 aromatic rings. The van der Waals surface area contributed by atoms with Crippen LogP contribution in [-0.2, 0) is 4.74 Å². The van der Waals surface area contributed by atoms with Crippen LogP contribution in [0.1, 0.15) is 11.7 Å². The lowest BCUT2D eigenvalue weighted by molar-refractivity contribution is -0.0434. The Kier molecular flexibility index (Phi) is 4.91. The van der Waals surface area contributed by atoms with Gasteiger partial charge < -0.3 is 14.8 Å². The van der Waals surface area contributed by atoms with Crippen LogP contribution in [0.3, 0.4) is 0 Å². The lowest BCUT2D eigenvalue weighted by Crippen LogP contribution is -2.43. The molecule has 21 heavy (non-hydrogen) atoms. The summed E-state index contributed by atoms with van der Waals surface area (Å²) >= 11 is 3.54. The van der Waals surface area contributed by atoms with Gasteiger partial charge in [0.15, 0.2) is 6.10 Å². The van der Waals surface area contributed by atoms with E-state index in [4.69, 9.17) is 9.47 Å². The fourth-order valence-corrected chi connectivity index (χ4v) is 2.84. The van der Waals surface area contributed by atoms with Crippen molar-refractivity contribution < 1.29 is 9.47 Å². The minimum absolute atomic E-state index is 0.00764. The Morgan fingerprint density at radius 3 is 2.57 bits per heavy atom. The minimum atomic E-state index is -0.127. The number of ether oxygens (including phenoxy) is 2. The predicted octanol–water partition coefficient (Wildman–Crippen LogP) is 3.56. The smallest absolute Gasteiger partial charge is 0.151 e. The molecule has 0 aliphatic carbocycles. The molecule has 0 amide bonds. The van der Waals surface area contributed by atoms with Crippen LogP contribution in [0, 0.1) is 0 Å². The van der Waals surface area contributed by atoms with Crippen LogP contribution in [0.4, 0.5) is 0 Å². The fourth-order valence-electron chi connectivity index (χ4n) is 2.46. The molecule has 0 aromatic heterocycles. The maximum atomic E-state index is 6.26. The zero-order valence-corrected chi connectivity index (χ0v) is 13.3. The predicted molar refractivity (Wildman–Crippen MR) is 86.6 cm³/mol. The lowest BCUT2D eigenvalue weighted by Gasteiger charge is -2.31. The number of nitrogens with one attached hydrogen (secondary N) is 1. The van der Waals surface area contributed by atoms with Crippen molar-refractivity contribution in [3.63, 3.8) is 0 Å². The second kappa shape index (κ2) is 7.07. The second-order valence-corrected chi connectivity index (χ2v) is 5.85. The third-order valence-electron chi connectivity index (χ3n) is 3.51. The molecule has 1 N–H and O–H groups in total. The quantitative estimate of drug-likeness (QED) is 0.917. The van der Waals surface area contributed by atoms with Crippen LogP contribution in [-0.4, -0.2) is 25.8 Å². The van der Waals surface area contributed by atoms with E-state index in [0.29, 0.717) is 6.61 Å². The summed E-state index contributed by atoms with van der Waals surface area (Å²) < 4.78 is 13.1. The highest BCUT2D eigenvalue weighted by atomic mass is 79.9. The Morgan fingerprint density at radius 2 is 1.86 bits per heavy atom. The Morgan fingerprint density at radius 1 is 1.10 bits per heavy atom. The van der Waals surface area contributed by atoms with Gasteiger partial charge in [0.2, 0.25) is 0 Å². The van der Waals surface area contributed by atoms with Gasteiger partial charge in [-0.1, -0.05) is 42.5 Å². The number of para-hydroxylation sites is 1. The van der Waals surface area contributed by atoms with Gasteiger partial charge in [0.1, 0.15) is 11.9 Å². The highest BCUT2D eigenvalue weighted by Crippen LogP contribution is 2.31. The van der Waals surface area contributed by atoms with Gasteiger partial charge in [-0.2, -0.15) is 0 Å². The van der Waals surface area contributed by atoms with Gasteiger partial charge in [-0.15, -0.1) is 0 Å². The van der Waals surface area contributed by atoms with Gasteiger partial charge in [0.05, 0.1) is 11.1 Å². The highest BCUT2D eigenvalue weighted by Gasteiger charge is 2.28. The Bertz CT molecular complexity index is 570. The third-order valence-corrected chi connectivity index (χ3v) is 4.17. The van der Waals surface area contributed by atoms with Crippen molar-refractivity contribution >= 4 is 15.9 Å². The van der Waals surface area contributed by atoms with E-state index in [1.807, 2.05) is 42.5 Å². The molecule has 1 aliphatic heterocycles. The van der Waals surface area contributed by atoms with Crippen LogP contribution >= 0.6 is 15.9 Å². The number of rotatable bonds is 4. The topological polar surface area (TPSA) is 30.5 Å². The minimum Gasteiger partial charge on any atom is -0.482 e. The first-order valence-electron chi connectivity index (χ1n) is 7.13. The first-order valence-corrected chi connectivity index (χ1v) is 7.92. The summed E-state index contributed by atoms with van der Waals surface area (Å²) in [6, 6.07) is 18.1. The van der Waals surface area contributed by atoms with Crippen LogP contribution < -0.4 is 10.1 Å². The van der Waals surface area contributed by atoms with Gasteiger partial charge >= 0.3 is 0 Å². The van der Waals surface area contributed by atoms with Crippen LogP contribution in [0.15, 0.2) is 59.1 Å². The Hall–Kier alpha value is -1.36. The summed E-state index contributed by atoms with van der Waals surface area (Å²) in [5.74, 6) is 0.834. The molecule has 1 saturated heterocycles. The van der Waals surface area contributed by atoms with E-state index in [2.05, 4.69) is 33.4 Å². The Balaban J connectivity index is 1.87. The molecular formula is C17H18BrNO2. The van der Waals surface area contributed by atoms with E-state index >= 15 is 0 Å². The van der Waals surface area contributed by atoms with E-state index in [0.717, 1.165) is 28.9 Å². The van der Waals surface area contributed by atoms with Crippen molar-refractivity contribution in [1.82, 2.24) is 5.32 Å². The second-order valence-electron chi connectivity index (χ2n) is 4.99. The molecule has 1 heterocycles. The Labute approximate surface area is 133 Å². The van der Waals surface area contributed by atoms with Crippen molar-refractivity contribution in [2.75, 3.05) is 19.7 Å². The van der Waals surface area contributed by atoms with Crippen LogP contribution in [0.25, 0.3) is 0 Å². The van der Waals surface area contributed by atoms with Gasteiger partial charge in [-0.3, -0.25) is 0 Å². The van der Waals surface area contributed by atoms with E-state index in [-0.39, 0.29) is 12.2 Å². The van der Waals surface area contributed by atoms with Crippen molar-refractivity contribution in [3.8, 4) is 5.75 Å². The third kappa shape index (κ3) is 3.64. The van der Waals surface area contributed by atoms with E-state index in [9.17, 15) is 0 Å². The lowest BCUT2D eigenvalue weighted by atomic mass is 10.0. The molecule has 4 heteroatoms. The molecular weight excluding hydrogens is 330 g/mol. The molecule has 0 spiro atoms. The monoisotopic (exact) mass is 347 g/mol. The number of hydrogen-bond donors (Lipinski definition) is 1. The molecule has 2 atom stereocenters. The van der Waals surface area contributed by atoms with Crippen molar-refractivity contribution in [3.05, 3.63) is 64.6 Å². The molecule has 1 fully saturated rings. The summed E-state index contributed by atoms with van der Waals surface area (Å²) in [4.78, 5) is 0. The van der Waals surface area contributed by atoms with E-state index < -0.39 is 0 Å². The zero-order valence-electron chi connectivity index (χ0n) is 11.7. The van der Waals surface area contributed by atoms with E-state index in [1.54, 1.807) is 0 Å². The average Bonchev–Trinajstić information content (AvgIpc) is 2.56. The standard InChI is InChI=1S/C17H18BrNO2/c18-14-8-4-5-9-15(14)21-17(13-6-2-1-3-7-13)16-12-19-10-11-20-16/h1-9,16-17,19H,10-12H2/t16-,17-/m0/s1. The number of morpholine rings is 1. The molecule has 3 rings (SSSR count). The normalized spacial score (nSPS) is 20.0. The number of halogens is 1. The highest BCUT2D eigenvalue weighted by molar-refractivity contribution is 9.10. The molecule has 1 aliphatic rings. The summed E-state index contributed by atoms with van der Waals surface area (Å²) in [6.45, 7) is 2.41. The van der Waals surface area contributed by atoms with Crippen molar-refractivity contribution in [2.45, 2.75) is 12.2 Å². The fraction of sp³-hybridized carbons (Fsp3) is 0.294. The molecule has 2 aromatic carbocycles. The number of hydrogen-bond acceptors (Lipinski definition) is 3. The molecule has 0 radical (unpaired) electrons. The van der Waals surface area contributed by atoms with Crippen molar-refractivity contribution in [1.29, 1.82) is 0 Å². The van der Waals surface area contributed by atoms with E-state index in [1.165, 1.54) is 0 Å². The maximum Gasteiger partial charge on any atom is 0.151 e. The zero-order chi connectivity index (χ0) is 14.5. The SMILES string of the molecule is Brc1ccccc1O[C@@H](c1ccccc1)[C@@H]1CNCCO1. The molecule has 0 unspecified atom stereocenters.